The fourth-order valence-corrected chi connectivity index (χ4v) is 3.46. The Morgan fingerprint density at radius 2 is 1.82 bits per heavy atom. The van der Waals surface area contributed by atoms with Crippen molar-refractivity contribution >= 4 is 11.8 Å². The summed E-state index contributed by atoms with van der Waals surface area (Å²) in [5.74, 6) is 0.124. The van der Waals surface area contributed by atoms with Crippen molar-refractivity contribution in [3.05, 3.63) is 65.7 Å². The van der Waals surface area contributed by atoms with Crippen LogP contribution in [-0.2, 0) is 22.6 Å². The van der Waals surface area contributed by atoms with Gasteiger partial charge in [0.05, 0.1) is 6.04 Å². The lowest BCUT2D eigenvalue weighted by Crippen LogP contribution is -2.51. The Kier molecular flexibility index (Phi) is 7.03. The summed E-state index contributed by atoms with van der Waals surface area (Å²) in [6.45, 7) is 3.49. The minimum Gasteiger partial charge on any atom is -0.483 e. The molecule has 28 heavy (non-hydrogen) atoms. The first-order valence-corrected chi connectivity index (χ1v) is 9.74. The highest BCUT2D eigenvalue weighted by atomic mass is 16.5. The molecule has 1 heterocycles. The van der Waals surface area contributed by atoms with Crippen molar-refractivity contribution in [1.82, 2.24) is 15.8 Å². The highest BCUT2D eigenvalue weighted by molar-refractivity contribution is 5.85. The smallest absolute Gasteiger partial charge is 0.276 e. The fourth-order valence-electron chi connectivity index (χ4n) is 3.46. The molecule has 6 nitrogen and oxygen atoms in total. The zero-order chi connectivity index (χ0) is 19.8. The third-order valence-electron chi connectivity index (χ3n) is 4.93. The van der Waals surface area contributed by atoms with Crippen LogP contribution in [0, 0.1) is 0 Å². The number of carbonyl (C=O) groups is 2. The van der Waals surface area contributed by atoms with Crippen LogP contribution in [0.5, 0.6) is 5.75 Å². The summed E-state index contributed by atoms with van der Waals surface area (Å²) in [4.78, 5) is 26.7. The predicted octanol–water partition coefficient (Wildman–Crippen LogP) is 2.44. The van der Waals surface area contributed by atoms with Crippen LogP contribution in [0.4, 0.5) is 0 Å². The van der Waals surface area contributed by atoms with Gasteiger partial charge in [0.25, 0.3) is 11.8 Å². The molecule has 0 aliphatic carbocycles. The first kappa shape index (κ1) is 19.9. The highest BCUT2D eigenvalue weighted by Crippen LogP contribution is 2.20. The van der Waals surface area contributed by atoms with Gasteiger partial charge in [0, 0.05) is 6.54 Å². The molecule has 2 amide bonds. The van der Waals surface area contributed by atoms with Gasteiger partial charge in [-0.05, 0) is 43.0 Å². The first-order valence-electron chi connectivity index (χ1n) is 9.74. The number of aryl methyl sites for hydroxylation is 1. The summed E-state index contributed by atoms with van der Waals surface area (Å²) in [6.07, 6.45) is 2.58. The van der Waals surface area contributed by atoms with Crippen molar-refractivity contribution in [1.29, 1.82) is 0 Å². The molecule has 0 bridgehead atoms. The standard InChI is InChI=1S/C22H27N3O3/c1-2-18-11-6-7-13-20(18)28-16-21(26)23-24-22(27)19-12-8-14-25(19)15-17-9-4-3-5-10-17/h3-7,9-11,13,19H,2,8,12,14-16H2,1H3,(H,23,26)(H,24,27). The average molecular weight is 381 g/mol. The molecule has 0 radical (unpaired) electrons. The molecule has 3 rings (SSSR count). The molecule has 1 atom stereocenters. The number of hydrogen-bond acceptors (Lipinski definition) is 4. The van der Waals surface area contributed by atoms with Gasteiger partial charge < -0.3 is 4.74 Å². The van der Waals surface area contributed by atoms with E-state index in [9.17, 15) is 9.59 Å². The van der Waals surface area contributed by atoms with Crippen LogP contribution >= 0.6 is 0 Å². The molecule has 1 unspecified atom stereocenters. The Morgan fingerprint density at radius 3 is 2.61 bits per heavy atom. The molecule has 0 saturated carbocycles. The zero-order valence-corrected chi connectivity index (χ0v) is 16.2. The predicted molar refractivity (Wildman–Crippen MR) is 107 cm³/mol. The first-order chi connectivity index (χ1) is 13.7. The van der Waals surface area contributed by atoms with Crippen LogP contribution in [-0.4, -0.2) is 35.9 Å². The number of nitrogens with zero attached hydrogens (tertiary/aromatic N) is 1. The van der Waals surface area contributed by atoms with Crippen LogP contribution < -0.4 is 15.6 Å². The Labute approximate surface area is 165 Å². The fraction of sp³-hybridized carbons (Fsp3) is 0.364. The monoisotopic (exact) mass is 381 g/mol. The Morgan fingerprint density at radius 1 is 1.07 bits per heavy atom. The second kappa shape index (κ2) is 9.90. The lowest BCUT2D eigenvalue weighted by atomic mass is 10.1. The summed E-state index contributed by atoms with van der Waals surface area (Å²) < 4.78 is 5.57. The van der Waals surface area contributed by atoms with Crippen LogP contribution in [0.15, 0.2) is 54.6 Å². The Bertz CT molecular complexity index is 795. The van der Waals surface area contributed by atoms with E-state index in [4.69, 9.17) is 4.74 Å². The third-order valence-corrected chi connectivity index (χ3v) is 4.93. The normalized spacial score (nSPS) is 16.5. The molecule has 6 heteroatoms. The van der Waals surface area contributed by atoms with Crippen molar-refractivity contribution in [2.24, 2.45) is 0 Å². The van der Waals surface area contributed by atoms with Crippen molar-refractivity contribution in [3.8, 4) is 5.75 Å². The quantitative estimate of drug-likeness (QED) is 0.723. The number of benzene rings is 2. The van der Waals surface area contributed by atoms with E-state index in [1.54, 1.807) is 0 Å². The van der Waals surface area contributed by atoms with Crippen LogP contribution in [0.25, 0.3) is 0 Å². The van der Waals surface area contributed by atoms with Gasteiger partial charge in [-0.3, -0.25) is 25.3 Å². The second-order valence-electron chi connectivity index (χ2n) is 6.90. The number of rotatable bonds is 7. The number of ether oxygens (including phenoxy) is 1. The maximum atomic E-state index is 12.5. The third kappa shape index (κ3) is 5.33. The average Bonchev–Trinajstić information content (AvgIpc) is 3.19. The van der Waals surface area contributed by atoms with E-state index in [-0.39, 0.29) is 24.5 Å². The van der Waals surface area contributed by atoms with E-state index < -0.39 is 0 Å². The molecule has 1 aliphatic heterocycles. The molecular formula is C22H27N3O3. The number of hydrogen-bond donors (Lipinski definition) is 2. The largest absolute Gasteiger partial charge is 0.483 e. The summed E-state index contributed by atoms with van der Waals surface area (Å²) in [5, 5.41) is 0. The highest BCUT2D eigenvalue weighted by Gasteiger charge is 2.30. The maximum Gasteiger partial charge on any atom is 0.276 e. The number of carbonyl (C=O) groups excluding carboxylic acids is 2. The van der Waals surface area contributed by atoms with Gasteiger partial charge >= 0.3 is 0 Å². The molecule has 1 aliphatic rings. The number of nitrogens with one attached hydrogen (secondary N) is 2. The van der Waals surface area contributed by atoms with Crippen LogP contribution in [0.1, 0.15) is 30.9 Å². The SMILES string of the molecule is CCc1ccccc1OCC(=O)NNC(=O)C1CCCN1Cc1ccccc1. The molecule has 2 aromatic rings. The minimum absolute atomic E-state index is 0.143. The van der Waals surface area contributed by atoms with Gasteiger partial charge in [-0.1, -0.05) is 55.5 Å². The summed E-state index contributed by atoms with van der Waals surface area (Å²) in [7, 11) is 0. The van der Waals surface area contributed by atoms with Crippen molar-refractivity contribution in [2.45, 2.75) is 38.8 Å². The molecule has 0 spiro atoms. The van der Waals surface area contributed by atoms with Crippen molar-refractivity contribution in [2.75, 3.05) is 13.2 Å². The zero-order valence-electron chi connectivity index (χ0n) is 16.2. The lowest BCUT2D eigenvalue weighted by molar-refractivity contribution is -0.132. The molecule has 2 N–H and O–H groups in total. The second-order valence-corrected chi connectivity index (χ2v) is 6.90. The molecular weight excluding hydrogens is 354 g/mol. The van der Waals surface area contributed by atoms with Gasteiger partial charge in [-0.25, -0.2) is 0 Å². The minimum atomic E-state index is -0.383. The Hall–Kier alpha value is -2.86. The van der Waals surface area contributed by atoms with Crippen molar-refractivity contribution < 1.29 is 14.3 Å². The van der Waals surface area contributed by atoms with E-state index in [2.05, 4.69) is 27.9 Å². The molecule has 1 saturated heterocycles. The molecule has 2 aromatic carbocycles. The van der Waals surface area contributed by atoms with Crippen LogP contribution in [0.2, 0.25) is 0 Å². The van der Waals surface area contributed by atoms with Gasteiger partial charge in [0.15, 0.2) is 6.61 Å². The number of amides is 2. The van der Waals surface area contributed by atoms with Gasteiger partial charge in [0.2, 0.25) is 0 Å². The van der Waals surface area contributed by atoms with Crippen LogP contribution in [0.3, 0.4) is 0 Å². The molecule has 0 aromatic heterocycles. The summed E-state index contributed by atoms with van der Waals surface area (Å²) >= 11 is 0. The van der Waals surface area contributed by atoms with E-state index in [1.165, 1.54) is 5.56 Å². The lowest BCUT2D eigenvalue weighted by Gasteiger charge is -2.23. The molecule has 148 valence electrons. The van der Waals surface area contributed by atoms with Gasteiger partial charge in [-0.15, -0.1) is 0 Å². The van der Waals surface area contributed by atoms with Crippen molar-refractivity contribution in [3.63, 3.8) is 0 Å². The topological polar surface area (TPSA) is 70.7 Å². The van der Waals surface area contributed by atoms with Gasteiger partial charge in [-0.2, -0.15) is 0 Å². The number of likely N-dealkylation sites (tertiary alicyclic amines) is 1. The van der Waals surface area contributed by atoms with E-state index >= 15 is 0 Å². The van der Waals surface area contributed by atoms with Gasteiger partial charge in [0.1, 0.15) is 5.75 Å². The van der Waals surface area contributed by atoms with E-state index in [1.807, 2.05) is 49.4 Å². The van der Waals surface area contributed by atoms with E-state index in [0.29, 0.717) is 5.75 Å². The maximum absolute atomic E-state index is 12.5. The Balaban J connectivity index is 1.45. The number of para-hydroxylation sites is 1. The summed E-state index contributed by atoms with van der Waals surface area (Å²) in [6, 6.07) is 17.5. The number of hydrazine groups is 1. The molecule has 1 fully saturated rings. The summed E-state index contributed by atoms with van der Waals surface area (Å²) in [5.41, 5.74) is 7.22. The van der Waals surface area contributed by atoms with E-state index in [0.717, 1.165) is 37.9 Å².